The van der Waals surface area contributed by atoms with E-state index in [1.54, 1.807) is 0 Å². The van der Waals surface area contributed by atoms with Crippen molar-refractivity contribution in [2.24, 2.45) is 11.7 Å². The van der Waals surface area contributed by atoms with E-state index in [2.05, 4.69) is 5.32 Å². The number of halogens is 3. The third-order valence-electron chi connectivity index (χ3n) is 3.17. The first kappa shape index (κ1) is 15.9. The minimum absolute atomic E-state index is 0. The van der Waals surface area contributed by atoms with E-state index in [1.807, 2.05) is 0 Å². The van der Waals surface area contributed by atoms with Gasteiger partial charge in [-0.15, -0.1) is 12.4 Å². The third kappa shape index (κ3) is 3.88. The number of nitrogens with two attached hydrogens (primary N) is 1. The highest BCUT2D eigenvalue weighted by molar-refractivity contribution is 5.85. The van der Waals surface area contributed by atoms with Gasteiger partial charge in [-0.3, -0.25) is 4.79 Å². The molecule has 0 bridgehead atoms. The molecule has 0 radical (unpaired) electrons. The quantitative estimate of drug-likeness (QED) is 0.815. The molecule has 3 N–H and O–H groups in total. The number of hydrogen-bond donors (Lipinski definition) is 2. The number of carbonyl (C=O) groups is 1. The Morgan fingerprint density at radius 3 is 2.79 bits per heavy atom. The van der Waals surface area contributed by atoms with Gasteiger partial charge in [0.1, 0.15) is 11.6 Å². The highest BCUT2D eigenvalue weighted by Gasteiger charge is 2.44. The van der Waals surface area contributed by atoms with Crippen LogP contribution in [-0.4, -0.2) is 19.0 Å². The van der Waals surface area contributed by atoms with Gasteiger partial charge in [0.15, 0.2) is 0 Å². The lowest BCUT2D eigenvalue weighted by molar-refractivity contribution is -0.122. The summed E-state index contributed by atoms with van der Waals surface area (Å²) in [5, 5.41) is 2.76. The summed E-state index contributed by atoms with van der Waals surface area (Å²) in [6.45, 7) is 1.07. The Labute approximate surface area is 117 Å². The predicted octanol–water partition coefficient (Wildman–Crippen LogP) is 1.96. The molecular formula is C13H17ClF2N2O. The van der Waals surface area contributed by atoms with Crippen LogP contribution in [0.25, 0.3) is 0 Å². The summed E-state index contributed by atoms with van der Waals surface area (Å²) in [6.07, 6.45) is 1.35. The molecule has 19 heavy (non-hydrogen) atoms. The fourth-order valence-electron chi connectivity index (χ4n) is 2.08. The molecule has 2 unspecified atom stereocenters. The van der Waals surface area contributed by atoms with Crippen LogP contribution in [-0.2, 0) is 4.79 Å². The Balaban J connectivity index is 0.00000180. The summed E-state index contributed by atoms with van der Waals surface area (Å²) in [5.74, 6) is -1.55. The van der Waals surface area contributed by atoms with Gasteiger partial charge >= 0.3 is 0 Å². The second kappa shape index (κ2) is 6.82. The van der Waals surface area contributed by atoms with E-state index in [1.165, 1.54) is 12.1 Å². The Morgan fingerprint density at radius 1 is 1.42 bits per heavy atom. The number of amides is 1. The molecule has 1 aromatic rings. The Kier molecular flexibility index (Phi) is 5.69. The first-order valence-corrected chi connectivity index (χ1v) is 6.06. The smallest absolute Gasteiger partial charge is 0.223 e. The maximum absolute atomic E-state index is 13.5. The molecule has 2 rings (SSSR count). The van der Waals surface area contributed by atoms with Crippen molar-refractivity contribution < 1.29 is 13.6 Å². The average molecular weight is 291 g/mol. The second-order valence-corrected chi connectivity index (χ2v) is 4.55. The zero-order valence-electron chi connectivity index (χ0n) is 10.4. The van der Waals surface area contributed by atoms with Crippen LogP contribution in [0, 0.1) is 17.6 Å². The molecule has 1 aliphatic rings. The Bertz CT molecular complexity index is 456. The van der Waals surface area contributed by atoms with Crippen LogP contribution in [0.5, 0.6) is 0 Å². The van der Waals surface area contributed by atoms with Gasteiger partial charge in [0, 0.05) is 18.5 Å². The molecule has 1 amide bonds. The minimum atomic E-state index is -0.596. The van der Waals surface area contributed by atoms with Crippen LogP contribution in [0.2, 0.25) is 0 Å². The lowest BCUT2D eigenvalue weighted by atomic mass is 10.1. The first-order chi connectivity index (χ1) is 8.63. The fourth-order valence-corrected chi connectivity index (χ4v) is 2.08. The molecule has 3 nitrogen and oxygen atoms in total. The maximum Gasteiger partial charge on any atom is 0.223 e. The van der Waals surface area contributed by atoms with Crippen molar-refractivity contribution in [2.75, 3.05) is 13.1 Å². The molecule has 6 heteroatoms. The van der Waals surface area contributed by atoms with Crippen LogP contribution >= 0.6 is 12.4 Å². The van der Waals surface area contributed by atoms with Crippen LogP contribution < -0.4 is 11.1 Å². The molecule has 0 saturated heterocycles. The van der Waals surface area contributed by atoms with E-state index < -0.39 is 11.6 Å². The zero-order valence-corrected chi connectivity index (χ0v) is 11.2. The number of hydrogen-bond acceptors (Lipinski definition) is 2. The largest absolute Gasteiger partial charge is 0.356 e. The van der Waals surface area contributed by atoms with Gasteiger partial charge in [0.05, 0.1) is 0 Å². The Hall–Kier alpha value is -1.20. The molecule has 2 atom stereocenters. The first-order valence-electron chi connectivity index (χ1n) is 6.06. The van der Waals surface area contributed by atoms with Crippen LogP contribution in [0.1, 0.15) is 24.3 Å². The SMILES string of the molecule is Cl.NCCCNC(=O)C1CC1c1ccc(F)cc1F. The van der Waals surface area contributed by atoms with Crippen molar-refractivity contribution >= 4 is 18.3 Å². The van der Waals surface area contributed by atoms with Gasteiger partial charge in [-0.2, -0.15) is 0 Å². The van der Waals surface area contributed by atoms with Crippen molar-refractivity contribution in [1.29, 1.82) is 0 Å². The van der Waals surface area contributed by atoms with E-state index in [0.717, 1.165) is 12.5 Å². The summed E-state index contributed by atoms with van der Waals surface area (Å²) in [5.41, 5.74) is 5.75. The molecule has 106 valence electrons. The van der Waals surface area contributed by atoms with Gasteiger partial charge in [0.2, 0.25) is 5.91 Å². The number of carbonyl (C=O) groups excluding carboxylic acids is 1. The van der Waals surface area contributed by atoms with Gasteiger partial charge in [-0.1, -0.05) is 6.07 Å². The molecule has 0 aliphatic heterocycles. The highest BCUT2D eigenvalue weighted by atomic mass is 35.5. The predicted molar refractivity (Wildman–Crippen MR) is 71.1 cm³/mol. The average Bonchev–Trinajstić information content (AvgIpc) is 3.09. The summed E-state index contributed by atoms with van der Waals surface area (Å²) >= 11 is 0. The van der Waals surface area contributed by atoms with Crippen molar-refractivity contribution in [3.05, 3.63) is 35.4 Å². The molecule has 0 heterocycles. The Morgan fingerprint density at radius 2 is 2.16 bits per heavy atom. The molecule has 0 aromatic heterocycles. The standard InChI is InChI=1S/C13H16F2N2O.ClH/c14-8-2-3-9(12(15)6-8)10-7-11(10)13(18)17-5-1-4-16;/h2-3,6,10-11H,1,4-5,7,16H2,(H,17,18);1H. The summed E-state index contributed by atoms with van der Waals surface area (Å²) in [4.78, 5) is 11.7. The van der Waals surface area contributed by atoms with Crippen LogP contribution in [0.3, 0.4) is 0 Å². The van der Waals surface area contributed by atoms with Crippen molar-refractivity contribution in [3.8, 4) is 0 Å². The molecule has 1 saturated carbocycles. The third-order valence-corrected chi connectivity index (χ3v) is 3.17. The molecule has 1 aromatic carbocycles. The summed E-state index contributed by atoms with van der Waals surface area (Å²) in [7, 11) is 0. The van der Waals surface area contributed by atoms with Gasteiger partial charge in [-0.25, -0.2) is 8.78 Å². The minimum Gasteiger partial charge on any atom is -0.356 e. The van der Waals surface area contributed by atoms with Crippen LogP contribution in [0.4, 0.5) is 8.78 Å². The number of rotatable bonds is 5. The van der Waals surface area contributed by atoms with E-state index in [-0.39, 0.29) is 30.2 Å². The second-order valence-electron chi connectivity index (χ2n) is 4.55. The van der Waals surface area contributed by atoms with Gasteiger partial charge in [0.25, 0.3) is 0 Å². The highest BCUT2D eigenvalue weighted by Crippen LogP contribution is 2.48. The summed E-state index contributed by atoms with van der Waals surface area (Å²) in [6, 6.07) is 3.50. The maximum atomic E-state index is 13.5. The van der Waals surface area contributed by atoms with Crippen LogP contribution in [0.15, 0.2) is 18.2 Å². The zero-order chi connectivity index (χ0) is 13.1. The molecular weight excluding hydrogens is 274 g/mol. The van der Waals surface area contributed by atoms with E-state index in [9.17, 15) is 13.6 Å². The molecule has 1 aliphatic carbocycles. The van der Waals surface area contributed by atoms with Crippen molar-refractivity contribution in [1.82, 2.24) is 5.32 Å². The number of benzene rings is 1. The molecule has 1 fully saturated rings. The van der Waals surface area contributed by atoms with E-state index >= 15 is 0 Å². The summed E-state index contributed by atoms with van der Waals surface area (Å²) < 4.78 is 26.3. The lowest BCUT2D eigenvalue weighted by Crippen LogP contribution is -2.27. The number of nitrogens with one attached hydrogen (secondary N) is 1. The van der Waals surface area contributed by atoms with E-state index in [4.69, 9.17) is 5.73 Å². The van der Waals surface area contributed by atoms with Crippen molar-refractivity contribution in [3.63, 3.8) is 0 Å². The lowest BCUT2D eigenvalue weighted by Gasteiger charge is -2.04. The van der Waals surface area contributed by atoms with Gasteiger partial charge < -0.3 is 11.1 Å². The normalized spacial score (nSPS) is 20.6. The van der Waals surface area contributed by atoms with Gasteiger partial charge in [-0.05, 0) is 36.9 Å². The monoisotopic (exact) mass is 290 g/mol. The topological polar surface area (TPSA) is 55.1 Å². The molecule has 0 spiro atoms. The fraction of sp³-hybridized carbons (Fsp3) is 0.462. The van der Waals surface area contributed by atoms with Crippen molar-refractivity contribution in [2.45, 2.75) is 18.8 Å². The van der Waals surface area contributed by atoms with E-state index in [0.29, 0.717) is 25.1 Å².